The monoisotopic (exact) mass is 334 g/mol. The Morgan fingerprint density at radius 1 is 1.08 bits per heavy atom. The highest BCUT2D eigenvalue weighted by molar-refractivity contribution is 6.02. The van der Waals surface area contributed by atoms with Crippen LogP contribution in [0.5, 0.6) is 5.75 Å². The largest absolute Gasteiger partial charge is 0.868 e. The molecule has 0 radical (unpaired) electrons. The lowest BCUT2D eigenvalue weighted by molar-refractivity contribution is -0.398. The fourth-order valence-electron chi connectivity index (χ4n) is 2.41. The lowest BCUT2D eigenvalue weighted by atomic mass is 10.1. The van der Waals surface area contributed by atoms with Crippen molar-refractivity contribution in [2.45, 2.75) is 0 Å². The van der Waals surface area contributed by atoms with E-state index in [1.165, 1.54) is 24.3 Å². The van der Waals surface area contributed by atoms with Crippen LogP contribution in [-0.4, -0.2) is 15.9 Å². The maximum atomic E-state index is 11.4. The van der Waals surface area contributed by atoms with E-state index >= 15 is 0 Å². The van der Waals surface area contributed by atoms with Gasteiger partial charge in [-0.25, -0.2) is 4.98 Å². The second kappa shape index (κ2) is 6.40. The van der Waals surface area contributed by atoms with Gasteiger partial charge in [-0.2, -0.15) is 0 Å². The van der Waals surface area contributed by atoms with E-state index in [9.17, 15) is 25.1 Å². The van der Waals surface area contributed by atoms with Gasteiger partial charge in [0.15, 0.2) is 0 Å². The van der Waals surface area contributed by atoms with Crippen LogP contribution in [0.3, 0.4) is 0 Å². The SMILES string of the molecule is O=C([O-])c1cc(/C=C/c2ccc([O-])c([N+](=O)[O-])c2)nc2ccccc12. The quantitative estimate of drug-likeness (QED) is 0.529. The average Bonchev–Trinajstić information content (AvgIpc) is 2.59. The second-order valence-corrected chi connectivity index (χ2v) is 5.22. The van der Waals surface area contributed by atoms with Gasteiger partial charge in [0.25, 0.3) is 5.69 Å². The molecule has 25 heavy (non-hydrogen) atoms. The van der Waals surface area contributed by atoms with Gasteiger partial charge in [-0.1, -0.05) is 36.4 Å². The molecule has 0 saturated carbocycles. The number of carbonyl (C=O) groups excluding carboxylic acids is 1. The maximum Gasteiger partial charge on any atom is 0.262 e. The number of nitro benzene ring substituents is 1. The number of aromatic nitrogens is 1. The Labute approximate surface area is 141 Å². The van der Waals surface area contributed by atoms with Crippen molar-refractivity contribution in [3.05, 3.63) is 75.5 Å². The van der Waals surface area contributed by atoms with Crippen LogP contribution in [0.25, 0.3) is 23.1 Å². The van der Waals surface area contributed by atoms with Gasteiger partial charge in [-0.3, -0.25) is 10.1 Å². The molecule has 2 aromatic carbocycles. The van der Waals surface area contributed by atoms with Crippen LogP contribution in [0.1, 0.15) is 21.6 Å². The molecule has 3 rings (SSSR count). The molecule has 0 atom stereocenters. The number of nitrogens with zero attached hydrogens (tertiary/aromatic N) is 2. The summed E-state index contributed by atoms with van der Waals surface area (Å²) in [4.78, 5) is 25.7. The van der Waals surface area contributed by atoms with Gasteiger partial charge in [0.2, 0.25) is 0 Å². The number of fused-ring (bicyclic) bond motifs is 1. The Bertz CT molecular complexity index is 1030. The Kier molecular flexibility index (Phi) is 4.13. The zero-order chi connectivity index (χ0) is 18.0. The molecule has 1 aromatic heterocycles. The predicted molar refractivity (Wildman–Crippen MR) is 87.5 cm³/mol. The molecule has 0 saturated heterocycles. The van der Waals surface area contributed by atoms with E-state index in [1.807, 2.05) is 0 Å². The van der Waals surface area contributed by atoms with Crippen LogP contribution < -0.4 is 10.2 Å². The van der Waals surface area contributed by atoms with Gasteiger partial charge in [0.05, 0.1) is 22.1 Å². The molecule has 0 unspecified atom stereocenters. The van der Waals surface area contributed by atoms with Crippen molar-refractivity contribution in [2.24, 2.45) is 0 Å². The minimum absolute atomic E-state index is 0.00568. The summed E-state index contributed by atoms with van der Waals surface area (Å²) in [6, 6.07) is 11.8. The fraction of sp³-hybridized carbons (Fsp3) is 0. The van der Waals surface area contributed by atoms with Gasteiger partial charge in [-0.15, -0.1) is 0 Å². The van der Waals surface area contributed by atoms with E-state index in [2.05, 4.69) is 4.98 Å². The molecule has 3 aromatic rings. The molecule has 0 aliphatic heterocycles. The summed E-state index contributed by atoms with van der Waals surface area (Å²) in [5.41, 5.74) is 0.753. The Morgan fingerprint density at radius 3 is 2.56 bits per heavy atom. The van der Waals surface area contributed by atoms with E-state index in [0.717, 1.165) is 12.1 Å². The highest BCUT2D eigenvalue weighted by Crippen LogP contribution is 2.25. The molecule has 0 fully saturated rings. The lowest BCUT2D eigenvalue weighted by Gasteiger charge is -2.08. The van der Waals surface area contributed by atoms with Crippen molar-refractivity contribution in [1.29, 1.82) is 0 Å². The fourth-order valence-corrected chi connectivity index (χ4v) is 2.41. The summed E-state index contributed by atoms with van der Waals surface area (Å²) in [6.07, 6.45) is 3.03. The third kappa shape index (κ3) is 3.30. The number of benzene rings is 2. The van der Waals surface area contributed by atoms with E-state index < -0.39 is 22.3 Å². The molecular formula is C18H10N2O5-2. The van der Waals surface area contributed by atoms with Crippen LogP contribution >= 0.6 is 0 Å². The third-order valence-corrected chi connectivity index (χ3v) is 3.58. The number of hydrogen-bond acceptors (Lipinski definition) is 6. The first-order chi connectivity index (χ1) is 12.0. The number of rotatable bonds is 4. The van der Waals surface area contributed by atoms with Crippen LogP contribution in [0.4, 0.5) is 5.69 Å². The maximum absolute atomic E-state index is 11.4. The second-order valence-electron chi connectivity index (χ2n) is 5.22. The molecule has 0 aliphatic rings. The van der Waals surface area contributed by atoms with Crippen molar-refractivity contribution in [2.75, 3.05) is 0 Å². The first kappa shape index (κ1) is 16.1. The summed E-state index contributed by atoms with van der Waals surface area (Å²) in [5.74, 6) is -2.00. The molecule has 0 bridgehead atoms. The number of hydrogen-bond donors (Lipinski definition) is 0. The summed E-state index contributed by atoms with van der Waals surface area (Å²) in [5, 5.41) is 34.0. The number of carboxylic acid groups (broad SMARTS) is 1. The van der Waals surface area contributed by atoms with Crippen molar-refractivity contribution in [3.8, 4) is 5.75 Å². The summed E-state index contributed by atoms with van der Waals surface area (Å²) in [7, 11) is 0. The molecule has 7 nitrogen and oxygen atoms in total. The van der Waals surface area contributed by atoms with Gasteiger partial charge in [0.1, 0.15) is 0 Å². The molecular weight excluding hydrogens is 324 g/mol. The van der Waals surface area contributed by atoms with Gasteiger partial charge < -0.3 is 15.0 Å². The van der Waals surface area contributed by atoms with E-state index in [1.54, 1.807) is 24.3 Å². The average molecular weight is 334 g/mol. The number of carbonyl (C=O) groups is 1. The number of nitro groups is 1. The van der Waals surface area contributed by atoms with E-state index in [4.69, 9.17) is 0 Å². The Balaban J connectivity index is 2.03. The Hall–Kier alpha value is -3.74. The van der Waals surface area contributed by atoms with Crippen molar-refractivity contribution < 1.29 is 19.9 Å². The van der Waals surface area contributed by atoms with E-state index in [-0.39, 0.29) is 5.56 Å². The highest BCUT2D eigenvalue weighted by atomic mass is 16.6. The molecule has 0 N–H and O–H groups in total. The lowest BCUT2D eigenvalue weighted by Crippen LogP contribution is -2.22. The van der Waals surface area contributed by atoms with Crippen molar-refractivity contribution >= 4 is 34.7 Å². The summed E-state index contributed by atoms with van der Waals surface area (Å²) in [6.45, 7) is 0. The zero-order valence-corrected chi connectivity index (χ0v) is 12.7. The first-order valence-electron chi connectivity index (χ1n) is 7.20. The normalized spacial score (nSPS) is 11.0. The first-order valence-corrected chi connectivity index (χ1v) is 7.20. The summed E-state index contributed by atoms with van der Waals surface area (Å²) < 4.78 is 0. The third-order valence-electron chi connectivity index (χ3n) is 3.58. The minimum atomic E-state index is -1.32. The molecule has 0 amide bonds. The molecule has 0 spiro atoms. The topological polar surface area (TPSA) is 119 Å². The van der Waals surface area contributed by atoms with Crippen LogP contribution in [0, 0.1) is 10.1 Å². The number of carboxylic acids is 1. The van der Waals surface area contributed by atoms with Gasteiger partial charge in [0, 0.05) is 17.0 Å². The van der Waals surface area contributed by atoms with Crippen LogP contribution in [0.2, 0.25) is 0 Å². The Morgan fingerprint density at radius 2 is 1.84 bits per heavy atom. The molecule has 7 heteroatoms. The minimum Gasteiger partial charge on any atom is -0.868 e. The van der Waals surface area contributed by atoms with Crippen LogP contribution in [0.15, 0.2) is 48.5 Å². The predicted octanol–water partition coefficient (Wildman–Crippen LogP) is 1.75. The summed E-state index contributed by atoms with van der Waals surface area (Å²) >= 11 is 0. The zero-order valence-electron chi connectivity index (χ0n) is 12.7. The van der Waals surface area contributed by atoms with Gasteiger partial charge >= 0.3 is 0 Å². The van der Waals surface area contributed by atoms with Gasteiger partial charge in [-0.05, 0) is 29.5 Å². The number of aromatic carboxylic acids is 1. The van der Waals surface area contributed by atoms with E-state index in [0.29, 0.717) is 22.2 Å². The highest BCUT2D eigenvalue weighted by Gasteiger charge is 2.07. The standard InChI is InChI=1S/C18H12N2O5/c21-17-8-6-11(9-16(17)20(24)25)5-7-12-10-14(18(22)23)13-3-1-2-4-15(13)19-12/h1-10,21H,(H,22,23)/p-2/b7-5+. The smallest absolute Gasteiger partial charge is 0.262 e. The molecule has 0 aliphatic carbocycles. The van der Waals surface area contributed by atoms with Crippen LogP contribution in [-0.2, 0) is 0 Å². The molecule has 1 heterocycles. The van der Waals surface area contributed by atoms with Crippen molar-refractivity contribution in [1.82, 2.24) is 4.98 Å². The number of para-hydroxylation sites is 1. The van der Waals surface area contributed by atoms with Crippen molar-refractivity contribution in [3.63, 3.8) is 0 Å². The number of pyridine rings is 1. The molecule has 124 valence electrons.